The van der Waals surface area contributed by atoms with E-state index in [-0.39, 0.29) is 16.7 Å². The lowest BCUT2D eigenvalue weighted by Crippen LogP contribution is -2.29. The Balaban J connectivity index is 2.14. The molecular formula is C11H13BrN2O2S. The summed E-state index contributed by atoms with van der Waals surface area (Å²) >= 11 is 5.27. The van der Waals surface area contributed by atoms with Crippen molar-refractivity contribution in [2.75, 3.05) is 11.5 Å². The number of nitro benzene ring substituents is 1. The molecule has 0 saturated carbocycles. The highest BCUT2D eigenvalue weighted by molar-refractivity contribution is 9.10. The fourth-order valence-electron chi connectivity index (χ4n) is 1.92. The molecule has 6 heteroatoms. The summed E-state index contributed by atoms with van der Waals surface area (Å²) in [5, 5.41) is 10.6. The topological polar surface area (TPSA) is 69.2 Å². The molecule has 2 atom stereocenters. The highest BCUT2D eigenvalue weighted by Gasteiger charge is 2.25. The maximum Gasteiger partial charge on any atom is 0.270 e. The second-order valence-electron chi connectivity index (χ2n) is 4.20. The van der Waals surface area contributed by atoms with Gasteiger partial charge < -0.3 is 5.73 Å². The third-order valence-electron chi connectivity index (χ3n) is 2.98. The number of nitro groups is 1. The van der Waals surface area contributed by atoms with Gasteiger partial charge in [-0.05, 0) is 23.7 Å². The van der Waals surface area contributed by atoms with E-state index in [2.05, 4.69) is 15.9 Å². The molecule has 1 aliphatic rings. The van der Waals surface area contributed by atoms with E-state index < -0.39 is 0 Å². The Morgan fingerprint density at radius 1 is 1.53 bits per heavy atom. The quantitative estimate of drug-likeness (QED) is 0.687. The van der Waals surface area contributed by atoms with Gasteiger partial charge in [0.1, 0.15) is 0 Å². The summed E-state index contributed by atoms with van der Waals surface area (Å²) in [4.78, 5) is 10.2. The van der Waals surface area contributed by atoms with Crippen molar-refractivity contribution < 1.29 is 4.92 Å². The Bertz CT molecular complexity index is 441. The smallest absolute Gasteiger partial charge is 0.270 e. The summed E-state index contributed by atoms with van der Waals surface area (Å²) in [6, 6.07) is 5.16. The molecule has 2 N–H and O–H groups in total. The zero-order valence-electron chi connectivity index (χ0n) is 9.14. The molecule has 17 heavy (non-hydrogen) atoms. The maximum atomic E-state index is 10.6. The Labute approximate surface area is 112 Å². The first kappa shape index (κ1) is 12.9. The van der Waals surface area contributed by atoms with Crippen LogP contribution in [0.4, 0.5) is 5.69 Å². The first-order valence-corrected chi connectivity index (χ1v) is 7.29. The van der Waals surface area contributed by atoms with Gasteiger partial charge >= 0.3 is 0 Å². The lowest BCUT2D eigenvalue weighted by Gasteiger charge is -2.15. The van der Waals surface area contributed by atoms with Crippen molar-refractivity contribution in [3.63, 3.8) is 0 Å². The summed E-state index contributed by atoms with van der Waals surface area (Å²) in [6.45, 7) is 0. The molecule has 0 bridgehead atoms. The fraction of sp³-hybridized carbons (Fsp3) is 0.455. The molecular weight excluding hydrogens is 304 g/mol. The zero-order chi connectivity index (χ0) is 12.4. The molecule has 1 aliphatic heterocycles. The van der Waals surface area contributed by atoms with Gasteiger partial charge in [0, 0.05) is 28.4 Å². The van der Waals surface area contributed by atoms with Crippen LogP contribution in [0.5, 0.6) is 0 Å². The van der Waals surface area contributed by atoms with Crippen LogP contribution in [0.15, 0.2) is 22.7 Å². The number of benzene rings is 1. The SMILES string of the molecule is NC1CSCC1Cc1ccc([N+](=O)[O-])cc1Br. The van der Waals surface area contributed by atoms with Gasteiger partial charge in [0.25, 0.3) is 5.69 Å². The van der Waals surface area contributed by atoms with E-state index in [1.807, 2.05) is 17.8 Å². The third-order valence-corrected chi connectivity index (χ3v) is 5.00. The van der Waals surface area contributed by atoms with Crippen molar-refractivity contribution in [1.29, 1.82) is 0 Å². The van der Waals surface area contributed by atoms with E-state index in [9.17, 15) is 10.1 Å². The number of thioether (sulfide) groups is 1. The molecule has 2 unspecified atom stereocenters. The number of hydrogen-bond donors (Lipinski definition) is 1. The first-order valence-electron chi connectivity index (χ1n) is 5.34. The van der Waals surface area contributed by atoms with Crippen LogP contribution in [0.1, 0.15) is 5.56 Å². The molecule has 0 aliphatic carbocycles. The Morgan fingerprint density at radius 2 is 2.29 bits per heavy atom. The van der Waals surface area contributed by atoms with E-state index in [4.69, 9.17) is 5.73 Å². The molecule has 0 aromatic heterocycles. The highest BCUT2D eigenvalue weighted by atomic mass is 79.9. The number of halogens is 1. The molecule has 1 aromatic rings. The Kier molecular flexibility index (Phi) is 4.06. The Hall–Kier alpha value is -0.590. The lowest BCUT2D eigenvalue weighted by molar-refractivity contribution is -0.384. The molecule has 92 valence electrons. The number of nitrogens with zero attached hydrogens (tertiary/aromatic N) is 1. The van der Waals surface area contributed by atoms with Crippen molar-refractivity contribution in [2.24, 2.45) is 11.7 Å². The van der Waals surface area contributed by atoms with Crippen LogP contribution >= 0.6 is 27.7 Å². The molecule has 2 rings (SSSR count). The van der Waals surface area contributed by atoms with E-state index >= 15 is 0 Å². The van der Waals surface area contributed by atoms with Gasteiger partial charge in [0.15, 0.2) is 0 Å². The van der Waals surface area contributed by atoms with Gasteiger partial charge in [-0.1, -0.05) is 22.0 Å². The molecule has 1 fully saturated rings. The van der Waals surface area contributed by atoms with Crippen LogP contribution < -0.4 is 5.73 Å². The summed E-state index contributed by atoms with van der Waals surface area (Å²) in [7, 11) is 0. The first-order chi connectivity index (χ1) is 8.08. The normalized spacial score (nSPS) is 23.9. The fourth-order valence-corrected chi connectivity index (χ4v) is 3.80. The van der Waals surface area contributed by atoms with Crippen molar-refractivity contribution in [1.82, 2.24) is 0 Å². The van der Waals surface area contributed by atoms with Gasteiger partial charge in [0.2, 0.25) is 0 Å². The van der Waals surface area contributed by atoms with Gasteiger partial charge in [-0.15, -0.1) is 0 Å². The van der Waals surface area contributed by atoms with Crippen LogP contribution in [-0.4, -0.2) is 22.5 Å². The van der Waals surface area contributed by atoms with Gasteiger partial charge in [-0.25, -0.2) is 0 Å². The van der Waals surface area contributed by atoms with Crippen molar-refractivity contribution >= 4 is 33.4 Å². The van der Waals surface area contributed by atoms with Gasteiger partial charge in [-0.2, -0.15) is 11.8 Å². The highest BCUT2D eigenvalue weighted by Crippen LogP contribution is 2.30. The molecule has 0 amide bonds. The van der Waals surface area contributed by atoms with E-state index in [0.29, 0.717) is 5.92 Å². The maximum absolute atomic E-state index is 10.6. The second kappa shape index (κ2) is 5.37. The minimum atomic E-state index is -0.383. The predicted molar refractivity (Wildman–Crippen MR) is 73.3 cm³/mol. The minimum Gasteiger partial charge on any atom is -0.327 e. The van der Waals surface area contributed by atoms with Crippen LogP contribution in [0.25, 0.3) is 0 Å². The van der Waals surface area contributed by atoms with E-state index in [1.165, 1.54) is 0 Å². The number of non-ortho nitro benzene ring substituents is 1. The lowest BCUT2D eigenvalue weighted by atomic mass is 9.95. The average Bonchev–Trinajstić information content (AvgIpc) is 2.67. The molecule has 4 nitrogen and oxygen atoms in total. The Morgan fingerprint density at radius 3 is 2.82 bits per heavy atom. The van der Waals surface area contributed by atoms with Gasteiger partial charge in [0.05, 0.1) is 4.92 Å². The second-order valence-corrected chi connectivity index (χ2v) is 6.13. The summed E-state index contributed by atoms with van der Waals surface area (Å²) in [5.41, 5.74) is 7.22. The standard InChI is InChI=1S/C11H13BrN2O2S/c12-10-4-9(14(15)16)2-1-7(10)3-8-5-17-6-11(8)13/h1-2,4,8,11H,3,5-6,13H2. The molecule has 0 spiro atoms. The number of nitrogens with two attached hydrogens (primary N) is 1. The molecule has 1 heterocycles. The molecule has 0 radical (unpaired) electrons. The average molecular weight is 317 g/mol. The van der Waals surface area contributed by atoms with Crippen LogP contribution in [0, 0.1) is 16.0 Å². The summed E-state index contributed by atoms with van der Waals surface area (Å²) in [6.07, 6.45) is 0.882. The van der Waals surface area contributed by atoms with Crippen molar-refractivity contribution in [3.05, 3.63) is 38.3 Å². The largest absolute Gasteiger partial charge is 0.327 e. The molecule has 1 saturated heterocycles. The number of hydrogen-bond acceptors (Lipinski definition) is 4. The van der Waals surface area contributed by atoms with Crippen LogP contribution in [0.2, 0.25) is 0 Å². The third kappa shape index (κ3) is 3.00. The van der Waals surface area contributed by atoms with Crippen molar-refractivity contribution in [2.45, 2.75) is 12.5 Å². The van der Waals surface area contributed by atoms with Crippen LogP contribution in [0.3, 0.4) is 0 Å². The monoisotopic (exact) mass is 316 g/mol. The molecule has 1 aromatic carbocycles. The van der Waals surface area contributed by atoms with Gasteiger partial charge in [-0.3, -0.25) is 10.1 Å². The number of rotatable bonds is 3. The van der Waals surface area contributed by atoms with E-state index in [0.717, 1.165) is 28.0 Å². The van der Waals surface area contributed by atoms with Crippen molar-refractivity contribution in [3.8, 4) is 0 Å². The minimum absolute atomic E-state index is 0.116. The predicted octanol–water partition coefficient (Wildman–Crippen LogP) is 2.59. The summed E-state index contributed by atoms with van der Waals surface area (Å²) < 4.78 is 0.802. The zero-order valence-corrected chi connectivity index (χ0v) is 11.5. The van der Waals surface area contributed by atoms with E-state index in [1.54, 1.807) is 12.1 Å². The summed E-state index contributed by atoms with van der Waals surface area (Å²) in [5.74, 6) is 2.55. The van der Waals surface area contributed by atoms with Crippen LogP contribution in [-0.2, 0) is 6.42 Å².